The van der Waals surface area contributed by atoms with Gasteiger partial charge >= 0.3 is 0 Å². The Morgan fingerprint density at radius 3 is 3.00 bits per heavy atom. The number of likely N-dealkylation sites (N-methyl/N-ethyl adjacent to an activating group) is 1. The second-order valence-corrected chi connectivity index (χ2v) is 4.78. The third kappa shape index (κ3) is 3.67. The maximum Gasteiger partial charge on any atom is 0.252 e. The van der Waals surface area contributed by atoms with E-state index in [4.69, 9.17) is 4.74 Å². The molecule has 0 aromatic carbocycles. The van der Waals surface area contributed by atoms with Crippen LogP contribution in [0.1, 0.15) is 30.1 Å². The number of nitrogens with zero attached hydrogens (tertiary/aromatic N) is 2. The van der Waals surface area contributed by atoms with Gasteiger partial charge in [-0.1, -0.05) is 0 Å². The van der Waals surface area contributed by atoms with Crippen LogP contribution in [-0.2, 0) is 4.74 Å². The summed E-state index contributed by atoms with van der Waals surface area (Å²) in [5, 5.41) is 2.76. The number of rotatable bonds is 5. The first-order chi connectivity index (χ1) is 9.20. The molecule has 1 aliphatic heterocycles. The van der Waals surface area contributed by atoms with Crippen molar-refractivity contribution in [3.05, 3.63) is 23.9 Å². The Morgan fingerprint density at radius 2 is 2.42 bits per heavy atom. The Balaban J connectivity index is 1.94. The van der Waals surface area contributed by atoms with Gasteiger partial charge in [0.1, 0.15) is 5.82 Å². The van der Waals surface area contributed by atoms with E-state index in [1.165, 1.54) is 0 Å². The lowest BCUT2D eigenvalue weighted by atomic mass is 10.2. The molecule has 2 heterocycles. The smallest absolute Gasteiger partial charge is 0.252 e. The number of aromatic nitrogens is 1. The van der Waals surface area contributed by atoms with E-state index in [1.54, 1.807) is 12.3 Å². The van der Waals surface area contributed by atoms with Crippen molar-refractivity contribution < 1.29 is 9.53 Å². The van der Waals surface area contributed by atoms with Gasteiger partial charge in [0.2, 0.25) is 0 Å². The quantitative estimate of drug-likeness (QED) is 0.873. The standard InChI is InChI=1S/C14H21N3O2/c1-3-15-14(18)11-6-7-13(16-9-11)17(2)10-12-5-4-8-19-12/h6-7,9,12H,3-5,8,10H2,1-2H3,(H,15,18). The maximum absolute atomic E-state index is 11.6. The highest BCUT2D eigenvalue weighted by Gasteiger charge is 2.18. The highest BCUT2D eigenvalue weighted by Crippen LogP contribution is 2.16. The number of nitrogens with one attached hydrogen (secondary N) is 1. The first-order valence-electron chi connectivity index (χ1n) is 6.77. The molecule has 0 bridgehead atoms. The van der Waals surface area contributed by atoms with E-state index in [-0.39, 0.29) is 5.91 Å². The molecule has 1 aromatic heterocycles. The fourth-order valence-electron chi connectivity index (χ4n) is 2.20. The van der Waals surface area contributed by atoms with Crippen LogP contribution in [0, 0.1) is 0 Å². The summed E-state index contributed by atoms with van der Waals surface area (Å²) in [4.78, 5) is 18.0. The maximum atomic E-state index is 11.6. The molecular formula is C14H21N3O2. The van der Waals surface area contributed by atoms with Gasteiger partial charge in [0.15, 0.2) is 0 Å². The minimum absolute atomic E-state index is 0.0803. The van der Waals surface area contributed by atoms with E-state index in [0.29, 0.717) is 18.2 Å². The van der Waals surface area contributed by atoms with Crippen molar-refractivity contribution in [2.45, 2.75) is 25.9 Å². The van der Waals surface area contributed by atoms with Crippen molar-refractivity contribution in [1.29, 1.82) is 0 Å². The van der Waals surface area contributed by atoms with Gasteiger partial charge in [0, 0.05) is 32.9 Å². The molecular weight excluding hydrogens is 242 g/mol. The second kappa shape index (κ2) is 6.52. The molecule has 1 fully saturated rings. The number of amides is 1. The molecule has 19 heavy (non-hydrogen) atoms. The molecule has 1 saturated heterocycles. The summed E-state index contributed by atoms with van der Waals surface area (Å²) in [6, 6.07) is 3.68. The number of anilines is 1. The van der Waals surface area contributed by atoms with Crippen molar-refractivity contribution in [3.63, 3.8) is 0 Å². The molecule has 2 rings (SSSR count). The monoisotopic (exact) mass is 263 g/mol. The predicted octanol–water partition coefficient (Wildman–Crippen LogP) is 1.45. The van der Waals surface area contributed by atoms with Gasteiger partial charge in [0.05, 0.1) is 11.7 Å². The average Bonchev–Trinajstić information content (AvgIpc) is 2.92. The zero-order chi connectivity index (χ0) is 13.7. The molecule has 5 nitrogen and oxygen atoms in total. The molecule has 5 heteroatoms. The minimum Gasteiger partial charge on any atom is -0.376 e. The first kappa shape index (κ1) is 13.8. The van der Waals surface area contributed by atoms with E-state index < -0.39 is 0 Å². The first-order valence-corrected chi connectivity index (χ1v) is 6.77. The molecule has 1 atom stereocenters. The van der Waals surface area contributed by atoms with Gasteiger partial charge in [-0.2, -0.15) is 0 Å². The third-order valence-corrected chi connectivity index (χ3v) is 3.24. The summed E-state index contributed by atoms with van der Waals surface area (Å²) < 4.78 is 5.61. The Hall–Kier alpha value is -1.62. The fourth-order valence-corrected chi connectivity index (χ4v) is 2.20. The Labute approximate surface area is 114 Å². The van der Waals surface area contributed by atoms with Crippen LogP contribution in [0.3, 0.4) is 0 Å². The van der Waals surface area contributed by atoms with E-state index in [0.717, 1.165) is 31.8 Å². The summed E-state index contributed by atoms with van der Waals surface area (Å²) in [5.41, 5.74) is 0.594. The SMILES string of the molecule is CCNC(=O)c1ccc(N(C)CC2CCCO2)nc1. The van der Waals surface area contributed by atoms with Gasteiger partial charge < -0.3 is 15.0 Å². The van der Waals surface area contributed by atoms with Crippen LogP contribution >= 0.6 is 0 Å². The van der Waals surface area contributed by atoms with E-state index in [2.05, 4.69) is 15.2 Å². The fraction of sp³-hybridized carbons (Fsp3) is 0.571. The Kier molecular flexibility index (Phi) is 4.74. The van der Waals surface area contributed by atoms with Crippen molar-refractivity contribution in [2.75, 3.05) is 31.6 Å². The second-order valence-electron chi connectivity index (χ2n) is 4.78. The number of hydrogen-bond donors (Lipinski definition) is 1. The number of pyridine rings is 1. The summed E-state index contributed by atoms with van der Waals surface area (Å²) >= 11 is 0. The number of ether oxygens (including phenoxy) is 1. The summed E-state index contributed by atoms with van der Waals surface area (Å²) in [5.74, 6) is 0.784. The van der Waals surface area contributed by atoms with Gasteiger partial charge in [-0.25, -0.2) is 4.98 Å². The largest absolute Gasteiger partial charge is 0.376 e. The normalized spacial score (nSPS) is 18.3. The van der Waals surface area contributed by atoms with Crippen molar-refractivity contribution in [3.8, 4) is 0 Å². The van der Waals surface area contributed by atoms with Crippen LogP contribution in [0.25, 0.3) is 0 Å². The average molecular weight is 263 g/mol. The van der Waals surface area contributed by atoms with Crippen molar-refractivity contribution in [1.82, 2.24) is 10.3 Å². The van der Waals surface area contributed by atoms with Gasteiger partial charge in [-0.3, -0.25) is 4.79 Å². The van der Waals surface area contributed by atoms with Gasteiger partial charge in [-0.05, 0) is 31.9 Å². The van der Waals surface area contributed by atoms with Crippen LogP contribution in [0.4, 0.5) is 5.82 Å². The number of hydrogen-bond acceptors (Lipinski definition) is 4. The predicted molar refractivity (Wildman–Crippen MR) is 74.5 cm³/mol. The number of carbonyl (C=O) groups is 1. The topological polar surface area (TPSA) is 54.5 Å². The lowest BCUT2D eigenvalue weighted by Gasteiger charge is -2.21. The molecule has 104 valence electrons. The molecule has 0 aliphatic carbocycles. The van der Waals surface area contributed by atoms with Gasteiger partial charge in [0.25, 0.3) is 5.91 Å². The third-order valence-electron chi connectivity index (χ3n) is 3.24. The van der Waals surface area contributed by atoms with E-state index in [1.807, 2.05) is 20.0 Å². The van der Waals surface area contributed by atoms with Crippen molar-refractivity contribution >= 4 is 11.7 Å². The highest BCUT2D eigenvalue weighted by molar-refractivity contribution is 5.93. The summed E-state index contributed by atoms with van der Waals surface area (Å²) in [6.45, 7) is 4.23. The molecule has 1 amide bonds. The van der Waals surface area contributed by atoms with Crippen LogP contribution < -0.4 is 10.2 Å². The van der Waals surface area contributed by atoms with E-state index in [9.17, 15) is 4.79 Å². The molecule has 1 unspecified atom stereocenters. The summed E-state index contributed by atoms with van der Waals surface area (Å²) in [6.07, 6.45) is 4.17. The molecule has 0 saturated carbocycles. The zero-order valence-corrected chi connectivity index (χ0v) is 11.6. The van der Waals surface area contributed by atoms with Crippen LogP contribution in [0.2, 0.25) is 0 Å². The van der Waals surface area contributed by atoms with Crippen molar-refractivity contribution in [2.24, 2.45) is 0 Å². The Bertz CT molecular complexity index is 413. The van der Waals surface area contributed by atoms with Crippen LogP contribution in [0.5, 0.6) is 0 Å². The molecule has 0 radical (unpaired) electrons. The molecule has 1 aliphatic rings. The zero-order valence-electron chi connectivity index (χ0n) is 11.6. The van der Waals surface area contributed by atoms with Crippen LogP contribution in [0.15, 0.2) is 18.3 Å². The van der Waals surface area contributed by atoms with E-state index >= 15 is 0 Å². The van der Waals surface area contributed by atoms with Gasteiger partial charge in [-0.15, -0.1) is 0 Å². The highest BCUT2D eigenvalue weighted by atomic mass is 16.5. The number of carbonyl (C=O) groups excluding carboxylic acids is 1. The lowest BCUT2D eigenvalue weighted by Crippen LogP contribution is -2.29. The Morgan fingerprint density at radius 1 is 1.58 bits per heavy atom. The lowest BCUT2D eigenvalue weighted by molar-refractivity contribution is 0.0955. The molecule has 0 spiro atoms. The minimum atomic E-state index is -0.0803. The molecule has 1 N–H and O–H groups in total. The summed E-state index contributed by atoms with van der Waals surface area (Å²) in [7, 11) is 2.00. The molecule has 1 aromatic rings. The van der Waals surface area contributed by atoms with Crippen LogP contribution in [-0.4, -0.2) is 43.7 Å².